The number of rotatable bonds is 3. The van der Waals surface area contributed by atoms with Gasteiger partial charge in [-0.2, -0.15) is 5.26 Å². The van der Waals surface area contributed by atoms with E-state index in [1.165, 1.54) is 17.8 Å². The van der Waals surface area contributed by atoms with Crippen LogP contribution < -0.4 is 0 Å². The third-order valence-electron chi connectivity index (χ3n) is 2.73. The van der Waals surface area contributed by atoms with Crippen molar-refractivity contribution in [1.82, 2.24) is 15.2 Å². The van der Waals surface area contributed by atoms with Crippen LogP contribution in [0.4, 0.5) is 4.39 Å². The molecule has 0 amide bonds. The molecule has 3 rings (SSSR count). The number of aromatic amines is 1. The number of nitrogens with zero attached hydrogens (tertiary/aromatic N) is 3. The van der Waals surface area contributed by atoms with Gasteiger partial charge in [-0.25, -0.2) is 9.37 Å². The Kier molecular flexibility index (Phi) is 2.76. The fourth-order valence-electron chi connectivity index (χ4n) is 1.64. The highest BCUT2D eigenvalue weighted by molar-refractivity contribution is 7.99. The Morgan fingerprint density at radius 1 is 1.44 bits per heavy atom. The number of benzene rings is 1. The van der Waals surface area contributed by atoms with Gasteiger partial charge in [-0.15, -0.1) is 5.10 Å². The maximum atomic E-state index is 13.4. The van der Waals surface area contributed by atoms with Gasteiger partial charge in [-0.1, -0.05) is 6.07 Å². The van der Waals surface area contributed by atoms with Crippen LogP contribution in [0.1, 0.15) is 30.1 Å². The van der Waals surface area contributed by atoms with Crippen LogP contribution in [0.5, 0.6) is 0 Å². The smallest absolute Gasteiger partial charge is 0.213 e. The molecule has 0 saturated heterocycles. The number of hydrogen-bond acceptors (Lipinski definition) is 4. The van der Waals surface area contributed by atoms with E-state index in [0.717, 1.165) is 18.7 Å². The maximum Gasteiger partial charge on any atom is 0.213 e. The molecule has 6 heteroatoms. The number of nitriles is 1. The summed E-state index contributed by atoms with van der Waals surface area (Å²) in [5, 5.41) is 16.4. The average Bonchev–Trinajstić information content (AvgIpc) is 3.11. The van der Waals surface area contributed by atoms with Crippen LogP contribution in [0.3, 0.4) is 0 Å². The van der Waals surface area contributed by atoms with Gasteiger partial charge in [0.05, 0.1) is 0 Å². The Morgan fingerprint density at radius 3 is 3.00 bits per heavy atom. The maximum absolute atomic E-state index is 13.4. The lowest BCUT2D eigenvalue weighted by Gasteiger charge is -2.00. The SMILES string of the molecule is N#Cc1c(F)cccc1Sc1n[nH]c(C2CC2)n1. The van der Waals surface area contributed by atoms with Crippen molar-refractivity contribution in [3.8, 4) is 6.07 Å². The quantitative estimate of drug-likeness (QED) is 0.921. The average molecular weight is 260 g/mol. The van der Waals surface area contributed by atoms with Gasteiger partial charge >= 0.3 is 0 Å². The van der Waals surface area contributed by atoms with Crippen LogP contribution in [0.2, 0.25) is 0 Å². The largest absolute Gasteiger partial charge is 0.262 e. The van der Waals surface area contributed by atoms with E-state index < -0.39 is 5.82 Å². The molecule has 0 atom stereocenters. The lowest BCUT2D eigenvalue weighted by atomic mass is 10.2. The fraction of sp³-hybridized carbons (Fsp3) is 0.250. The first-order chi connectivity index (χ1) is 8.78. The zero-order chi connectivity index (χ0) is 12.5. The standard InChI is InChI=1S/C12H9FN4S/c13-9-2-1-3-10(8(9)6-14)18-12-15-11(16-17-12)7-4-5-7/h1-3,7H,4-5H2,(H,15,16,17). The molecule has 90 valence electrons. The van der Waals surface area contributed by atoms with E-state index in [2.05, 4.69) is 15.2 Å². The van der Waals surface area contributed by atoms with Crippen LogP contribution in [0, 0.1) is 17.1 Å². The lowest BCUT2D eigenvalue weighted by Crippen LogP contribution is -1.87. The van der Waals surface area contributed by atoms with Crippen molar-refractivity contribution in [1.29, 1.82) is 5.26 Å². The van der Waals surface area contributed by atoms with Gasteiger partial charge in [-0.05, 0) is 36.7 Å². The molecule has 1 saturated carbocycles. The van der Waals surface area contributed by atoms with Gasteiger partial charge in [0.25, 0.3) is 0 Å². The summed E-state index contributed by atoms with van der Waals surface area (Å²) in [5.74, 6) is 0.864. The number of aromatic nitrogens is 3. The Morgan fingerprint density at radius 2 is 2.28 bits per heavy atom. The minimum absolute atomic E-state index is 0.0419. The molecular formula is C12H9FN4S. The number of halogens is 1. The highest BCUT2D eigenvalue weighted by Crippen LogP contribution is 2.39. The highest BCUT2D eigenvalue weighted by Gasteiger charge is 2.27. The second kappa shape index (κ2) is 4.42. The molecule has 4 nitrogen and oxygen atoms in total. The second-order valence-corrected chi connectivity index (χ2v) is 5.11. The molecule has 0 unspecified atom stereocenters. The molecule has 1 aromatic carbocycles. The molecule has 1 aliphatic rings. The summed E-state index contributed by atoms with van der Waals surface area (Å²) >= 11 is 1.20. The summed E-state index contributed by atoms with van der Waals surface area (Å²) in [5.41, 5.74) is 0.0419. The van der Waals surface area contributed by atoms with Crippen molar-refractivity contribution in [2.45, 2.75) is 28.8 Å². The second-order valence-electron chi connectivity index (χ2n) is 4.10. The van der Waals surface area contributed by atoms with Crippen molar-refractivity contribution in [3.63, 3.8) is 0 Å². The molecule has 1 aromatic heterocycles. The van der Waals surface area contributed by atoms with Crippen LogP contribution in [-0.4, -0.2) is 15.2 Å². The van der Waals surface area contributed by atoms with Gasteiger partial charge in [-0.3, -0.25) is 5.10 Å². The zero-order valence-electron chi connectivity index (χ0n) is 9.35. The van der Waals surface area contributed by atoms with Crippen molar-refractivity contribution in [2.75, 3.05) is 0 Å². The van der Waals surface area contributed by atoms with Crippen molar-refractivity contribution in [3.05, 3.63) is 35.4 Å². The zero-order valence-corrected chi connectivity index (χ0v) is 10.2. The van der Waals surface area contributed by atoms with E-state index in [0.29, 0.717) is 16.0 Å². The molecule has 0 radical (unpaired) electrons. The van der Waals surface area contributed by atoms with Gasteiger partial charge in [0.15, 0.2) is 0 Å². The van der Waals surface area contributed by atoms with Crippen LogP contribution in [0.25, 0.3) is 0 Å². The third-order valence-corrected chi connectivity index (χ3v) is 3.66. The van der Waals surface area contributed by atoms with E-state index >= 15 is 0 Å². The molecule has 0 bridgehead atoms. The molecule has 1 aliphatic carbocycles. The summed E-state index contributed by atoms with van der Waals surface area (Å²) < 4.78 is 13.4. The molecule has 18 heavy (non-hydrogen) atoms. The Hall–Kier alpha value is -1.87. The lowest BCUT2D eigenvalue weighted by molar-refractivity contribution is 0.620. The summed E-state index contributed by atoms with van der Waals surface area (Å²) in [6, 6.07) is 6.41. The van der Waals surface area contributed by atoms with E-state index in [1.54, 1.807) is 12.1 Å². The minimum Gasteiger partial charge on any atom is -0.262 e. The summed E-state index contributed by atoms with van der Waals surface area (Å²) in [6.45, 7) is 0. The van der Waals surface area contributed by atoms with E-state index in [-0.39, 0.29) is 5.56 Å². The number of nitrogens with one attached hydrogen (secondary N) is 1. The first kappa shape index (κ1) is 11.2. The summed E-state index contributed by atoms with van der Waals surface area (Å²) in [7, 11) is 0. The third kappa shape index (κ3) is 2.09. The van der Waals surface area contributed by atoms with Crippen molar-refractivity contribution in [2.24, 2.45) is 0 Å². The van der Waals surface area contributed by atoms with E-state index in [4.69, 9.17) is 5.26 Å². The van der Waals surface area contributed by atoms with Crippen LogP contribution in [-0.2, 0) is 0 Å². The molecule has 0 spiro atoms. The fourth-order valence-corrected chi connectivity index (χ4v) is 2.46. The van der Waals surface area contributed by atoms with Crippen molar-refractivity contribution < 1.29 is 4.39 Å². The first-order valence-electron chi connectivity index (χ1n) is 5.56. The molecule has 0 aliphatic heterocycles. The Bertz CT molecular complexity index is 627. The molecule has 2 aromatic rings. The van der Waals surface area contributed by atoms with Crippen molar-refractivity contribution >= 4 is 11.8 Å². The molecule has 1 fully saturated rings. The predicted molar refractivity (Wildman–Crippen MR) is 63.6 cm³/mol. The first-order valence-corrected chi connectivity index (χ1v) is 6.38. The number of hydrogen-bond donors (Lipinski definition) is 1. The minimum atomic E-state index is -0.513. The van der Waals surface area contributed by atoms with Crippen LogP contribution >= 0.6 is 11.8 Å². The van der Waals surface area contributed by atoms with Gasteiger partial charge in [0, 0.05) is 10.8 Å². The Balaban J connectivity index is 1.87. The summed E-state index contributed by atoms with van der Waals surface area (Å²) in [6.07, 6.45) is 2.28. The van der Waals surface area contributed by atoms with Gasteiger partial charge < -0.3 is 0 Å². The summed E-state index contributed by atoms with van der Waals surface area (Å²) in [4.78, 5) is 4.88. The predicted octanol–water partition coefficient (Wildman–Crippen LogP) is 2.84. The normalized spacial score (nSPS) is 14.4. The van der Waals surface area contributed by atoms with E-state index in [1.807, 2.05) is 6.07 Å². The Labute approximate surface area is 107 Å². The van der Waals surface area contributed by atoms with E-state index in [9.17, 15) is 4.39 Å². The topological polar surface area (TPSA) is 65.4 Å². The molecular weight excluding hydrogens is 251 g/mol. The monoisotopic (exact) mass is 260 g/mol. The highest BCUT2D eigenvalue weighted by atomic mass is 32.2. The molecule has 1 heterocycles. The van der Waals surface area contributed by atoms with Gasteiger partial charge in [0.2, 0.25) is 5.16 Å². The number of H-pyrrole nitrogens is 1. The van der Waals surface area contributed by atoms with Gasteiger partial charge in [0.1, 0.15) is 23.3 Å². The molecule has 1 N–H and O–H groups in total. The van der Waals surface area contributed by atoms with Crippen LogP contribution in [0.15, 0.2) is 28.3 Å².